The van der Waals surface area contributed by atoms with E-state index in [1.54, 1.807) is 0 Å². The SMILES string of the molecule is C=CC[NH+](C)CCCN(C)C(=O)C(C)(C)CC(C)(C)C. The van der Waals surface area contributed by atoms with Crippen LogP contribution in [0, 0.1) is 10.8 Å². The Morgan fingerprint density at radius 3 is 2.25 bits per heavy atom. The van der Waals surface area contributed by atoms with E-state index in [-0.39, 0.29) is 16.7 Å². The number of rotatable bonds is 8. The molecular formula is C17H35N2O+. The topological polar surface area (TPSA) is 24.8 Å². The lowest BCUT2D eigenvalue weighted by atomic mass is 9.75. The summed E-state index contributed by atoms with van der Waals surface area (Å²) in [6.07, 6.45) is 3.88. The van der Waals surface area contributed by atoms with Crippen molar-refractivity contribution in [1.82, 2.24) is 4.90 Å². The Kier molecular flexibility index (Phi) is 7.50. The Balaban J connectivity index is 4.30. The first kappa shape index (κ1) is 19.2. The molecular weight excluding hydrogens is 248 g/mol. The summed E-state index contributed by atoms with van der Waals surface area (Å²) in [4.78, 5) is 15.9. The van der Waals surface area contributed by atoms with Crippen molar-refractivity contribution in [1.29, 1.82) is 0 Å². The van der Waals surface area contributed by atoms with Crippen LogP contribution in [0.4, 0.5) is 0 Å². The Bertz CT molecular complexity index is 315. The summed E-state index contributed by atoms with van der Waals surface area (Å²) in [5, 5.41) is 0. The molecule has 3 heteroatoms. The van der Waals surface area contributed by atoms with Crippen LogP contribution in [-0.2, 0) is 4.79 Å². The summed E-state index contributed by atoms with van der Waals surface area (Å²) in [6.45, 7) is 17.3. The number of hydrogen-bond donors (Lipinski definition) is 1. The maximum absolute atomic E-state index is 12.5. The monoisotopic (exact) mass is 283 g/mol. The second-order valence-electron chi connectivity index (χ2n) is 7.90. The van der Waals surface area contributed by atoms with E-state index in [0.29, 0.717) is 0 Å². The fourth-order valence-corrected chi connectivity index (χ4v) is 2.99. The molecule has 1 amide bonds. The van der Waals surface area contributed by atoms with Crippen LogP contribution in [0.2, 0.25) is 0 Å². The van der Waals surface area contributed by atoms with Crippen LogP contribution in [-0.4, -0.2) is 44.5 Å². The second kappa shape index (κ2) is 7.82. The third kappa shape index (κ3) is 7.68. The van der Waals surface area contributed by atoms with E-state index >= 15 is 0 Å². The molecule has 1 N–H and O–H groups in total. The number of nitrogens with zero attached hydrogens (tertiary/aromatic N) is 1. The average Bonchev–Trinajstić information content (AvgIpc) is 2.24. The van der Waals surface area contributed by atoms with Gasteiger partial charge in [-0.15, -0.1) is 0 Å². The van der Waals surface area contributed by atoms with Crippen molar-refractivity contribution in [2.45, 2.75) is 47.5 Å². The molecule has 0 radical (unpaired) electrons. The molecule has 0 saturated heterocycles. The van der Waals surface area contributed by atoms with Gasteiger partial charge < -0.3 is 9.80 Å². The molecule has 0 aliphatic heterocycles. The van der Waals surface area contributed by atoms with Crippen LogP contribution >= 0.6 is 0 Å². The number of carbonyl (C=O) groups excluding carboxylic acids is 1. The Morgan fingerprint density at radius 2 is 1.80 bits per heavy atom. The highest BCUT2D eigenvalue weighted by Gasteiger charge is 2.34. The fourth-order valence-electron chi connectivity index (χ4n) is 2.99. The molecule has 0 aromatic rings. The molecule has 0 aromatic heterocycles. The molecule has 0 heterocycles. The van der Waals surface area contributed by atoms with Crippen LogP contribution in [0.25, 0.3) is 0 Å². The summed E-state index contributed by atoms with van der Waals surface area (Å²) < 4.78 is 0. The zero-order valence-corrected chi connectivity index (χ0v) is 14.7. The van der Waals surface area contributed by atoms with E-state index in [4.69, 9.17) is 0 Å². The van der Waals surface area contributed by atoms with E-state index in [0.717, 1.165) is 32.5 Å². The molecule has 1 unspecified atom stereocenters. The Morgan fingerprint density at radius 1 is 1.25 bits per heavy atom. The van der Waals surface area contributed by atoms with Gasteiger partial charge in [0.2, 0.25) is 5.91 Å². The molecule has 20 heavy (non-hydrogen) atoms. The van der Waals surface area contributed by atoms with Gasteiger partial charge in [-0.3, -0.25) is 4.79 Å². The minimum Gasteiger partial charge on any atom is -0.345 e. The molecule has 0 spiro atoms. The van der Waals surface area contributed by atoms with E-state index in [2.05, 4.69) is 48.2 Å². The molecule has 0 aliphatic carbocycles. The number of carbonyl (C=O) groups is 1. The first-order chi connectivity index (χ1) is 8.99. The summed E-state index contributed by atoms with van der Waals surface area (Å²) in [5.74, 6) is 0.258. The molecule has 0 aliphatic rings. The summed E-state index contributed by atoms with van der Waals surface area (Å²) in [5.41, 5.74) is -0.110. The molecule has 0 bridgehead atoms. The zero-order chi connectivity index (χ0) is 16.0. The highest BCUT2D eigenvalue weighted by Crippen LogP contribution is 2.34. The van der Waals surface area contributed by atoms with Crippen LogP contribution in [0.15, 0.2) is 12.7 Å². The van der Waals surface area contributed by atoms with Gasteiger partial charge in [-0.05, 0) is 17.9 Å². The van der Waals surface area contributed by atoms with Crippen LogP contribution in [0.3, 0.4) is 0 Å². The van der Waals surface area contributed by atoms with Crippen molar-refractivity contribution in [2.24, 2.45) is 10.8 Å². The van der Waals surface area contributed by atoms with Gasteiger partial charge in [-0.1, -0.05) is 41.2 Å². The number of nitrogens with one attached hydrogen (secondary N) is 1. The minimum atomic E-state index is -0.285. The third-order valence-electron chi connectivity index (χ3n) is 3.49. The van der Waals surface area contributed by atoms with Gasteiger partial charge in [0.25, 0.3) is 0 Å². The molecule has 0 aromatic carbocycles. The smallest absolute Gasteiger partial charge is 0.227 e. The molecule has 3 nitrogen and oxygen atoms in total. The summed E-state index contributed by atoms with van der Waals surface area (Å²) in [7, 11) is 4.09. The standard InChI is InChI=1S/C17H34N2O/c1-9-11-18(7)12-10-13-19(8)15(20)17(5,6)14-16(2,3)4/h9H,1,10-14H2,2-8H3/p+1. The summed E-state index contributed by atoms with van der Waals surface area (Å²) >= 11 is 0. The number of likely N-dealkylation sites (N-methyl/N-ethyl adjacent to an activating group) is 1. The molecule has 0 rings (SSSR count). The quantitative estimate of drug-likeness (QED) is 0.677. The molecule has 0 saturated carbocycles. The van der Waals surface area contributed by atoms with Crippen molar-refractivity contribution in [2.75, 3.05) is 33.7 Å². The number of quaternary nitrogens is 1. The van der Waals surface area contributed by atoms with Crippen LogP contribution < -0.4 is 4.90 Å². The average molecular weight is 283 g/mol. The number of amides is 1. The highest BCUT2D eigenvalue weighted by atomic mass is 16.2. The van der Waals surface area contributed by atoms with Gasteiger partial charge in [-0.25, -0.2) is 0 Å². The molecule has 118 valence electrons. The maximum Gasteiger partial charge on any atom is 0.227 e. The molecule has 0 fully saturated rings. The lowest BCUT2D eigenvalue weighted by Crippen LogP contribution is -3.08. The predicted molar refractivity (Wildman–Crippen MR) is 86.9 cm³/mol. The predicted octanol–water partition coefficient (Wildman–Crippen LogP) is 2.00. The van der Waals surface area contributed by atoms with E-state index in [9.17, 15) is 4.79 Å². The van der Waals surface area contributed by atoms with Crippen molar-refractivity contribution in [3.63, 3.8) is 0 Å². The Labute approximate surface area is 126 Å². The van der Waals surface area contributed by atoms with Crippen molar-refractivity contribution in [3.05, 3.63) is 12.7 Å². The molecule has 1 atom stereocenters. The van der Waals surface area contributed by atoms with E-state index in [1.165, 1.54) is 4.90 Å². The van der Waals surface area contributed by atoms with Gasteiger partial charge in [0.1, 0.15) is 0 Å². The maximum atomic E-state index is 12.5. The zero-order valence-electron chi connectivity index (χ0n) is 14.7. The van der Waals surface area contributed by atoms with Gasteiger partial charge >= 0.3 is 0 Å². The Hall–Kier alpha value is -0.830. The lowest BCUT2D eigenvalue weighted by molar-refractivity contribution is -0.873. The minimum absolute atomic E-state index is 0.175. The van der Waals surface area contributed by atoms with Gasteiger partial charge in [-0.2, -0.15) is 0 Å². The third-order valence-corrected chi connectivity index (χ3v) is 3.49. The van der Waals surface area contributed by atoms with Gasteiger partial charge in [0, 0.05) is 25.4 Å². The largest absolute Gasteiger partial charge is 0.345 e. The normalized spacial score (nSPS) is 13.9. The van der Waals surface area contributed by atoms with Crippen LogP contribution in [0.1, 0.15) is 47.5 Å². The van der Waals surface area contributed by atoms with E-state index in [1.807, 2.05) is 18.0 Å². The van der Waals surface area contributed by atoms with Crippen molar-refractivity contribution >= 4 is 5.91 Å². The van der Waals surface area contributed by atoms with E-state index < -0.39 is 0 Å². The fraction of sp³-hybridized carbons (Fsp3) is 0.824. The van der Waals surface area contributed by atoms with Crippen molar-refractivity contribution < 1.29 is 9.69 Å². The van der Waals surface area contributed by atoms with Gasteiger partial charge in [0.15, 0.2) is 0 Å². The van der Waals surface area contributed by atoms with Gasteiger partial charge in [0.05, 0.1) is 20.1 Å². The van der Waals surface area contributed by atoms with Crippen LogP contribution in [0.5, 0.6) is 0 Å². The first-order valence-electron chi connectivity index (χ1n) is 7.67. The highest BCUT2D eigenvalue weighted by molar-refractivity contribution is 5.81. The number of hydrogen-bond acceptors (Lipinski definition) is 1. The summed E-state index contributed by atoms with van der Waals surface area (Å²) in [6, 6.07) is 0. The lowest BCUT2D eigenvalue weighted by Gasteiger charge is -2.34. The van der Waals surface area contributed by atoms with Crippen molar-refractivity contribution in [3.8, 4) is 0 Å². The second-order valence-corrected chi connectivity index (χ2v) is 7.90. The first-order valence-corrected chi connectivity index (χ1v) is 7.67.